The molecular formula is C10H8O3. The van der Waals surface area contributed by atoms with Crippen molar-refractivity contribution in [2.75, 3.05) is 0 Å². The highest BCUT2D eigenvalue weighted by molar-refractivity contribution is 6.23. The molecule has 0 N–H and O–H groups in total. The molecule has 0 amide bonds. The third-order valence-corrected chi connectivity index (χ3v) is 2.13. The zero-order valence-corrected chi connectivity index (χ0v) is 7.38. The number of rotatable bonds is 0. The Hall–Kier alpha value is -1.64. The zero-order valence-electron chi connectivity index (χ0n) is 7.38. The van der Waals surface area contributed by atoms with Gasteiger partial charge in [0.25, 0.3) is 0 Å². The number of carbonyl (C=O) groups is 2. The maximum absolute atomic E-state index is 11.5. The normalized spacial score (nSPS) is 15.7. The molecule has 0 spiro atoms. The summed E-state index contributed by atoms with van der Waals surface area (Å²) in [6, 6.07) is 0. The number of allylic oxidation sites excluding steroid dienone is 2. The summed E-state index contributed by atoms with van der Waals surface area (Å²) in [5, 5.41) is 0. The predicted octanol–water partition coefficient (Wildman–Crippen LogP) is 1.91. The number of furan rings is 1. The largest absolute Gasteiger partial charge is 0.460 e. The van der Waals surface area contributed by atoms with Gasteiger partial charge in [0, 0.05) is 5.57 Å². The number of hydrogen-bond acceptors (Lipinski definition) is 3. The molecule has 0 aliphatic heterocycles. The second-order valence-electron chi connectivity index (χ2n) is 3.14. The highest BCUT2D eigenvalue weighted by Gasteiger charge is 2.28. The van der Waals surface area contributed by atoms with Gasteiger partial charge < -0.3 is 4.42 Å². The van der Waals surface area contributed by atoms with Gasteiger partial charge in [-0.05, 0) is 25.5 Å². The van der Waals surface area contributed by atoms with Crippen molar-refractivity contribution in [3.8, 4) is 0 Å². The van der Waals surface area contributed by atoms with Gasteiger partial charge in [-0.2, -0.15) is 0 Å². The van der Waals surface area contributed by atoms with Gasteiger partial charge in [-0.25, -0.2) is 0 Å². The number of fused-ring (bicyclic) bond motifs is 1. The minimum atomic E-state index is -0.192. The molecule has 2 rings (SSSR count). The van der Waals surface area contributed by atoms with Crippen molar-refractivity contribution >= 4 is 11.6 Å². The maximum Gasteiger partial charge on any atom is 0.224 e. The van der Waals surface area contributed by atoms with Crippen LogP contribution in [0.4, 0.5) is 0 Å². The molecule has 0 radical (unpaired) electrons. The van der Waals surface area contributed by atoms with Crippen molar-refractivity contribution in [3.63, 3.8) is 0 Å². The number of hydrogen-bond donors (Lipinski definition) is 0. The molecule has 3 heteroatoms. The third kappa shape index (κ3) is 0.967. The Morgan fingerprint density at radius 2 is 1.92 bits per heavy atom. The summed E-state index contributed by atoms with van der Waals surface area (Å²) >= 11 is 0. The molecule has 0 bridgehead atoms. The molecule has 0 saturated carbocycles. The molecule has 0 fully saturated rings. The van der Waals surface area contributed by atoms with Gasteiger partial charge in [0.1, 0.15) is 0 Å². The van der Waals surface area contributed by atoms with Gasteiger partial charge in [-0.1, -0.05) is 0 Å². The fourth-order valence-electron chi connectivity index (χ4n) is 1.43. The minimum absolute atomic E-state index is 0.140. The summed E-state index contributed by atoms with van der Waals surface area (Å²) in [6.45, 7) is 3.36. The average Bonchev–Trinajstić information content (AvgIpc) is 2.44. The Kier molecular flexibility index (Phi) is 1.49. The second-order valence-corrected chi connectivity index (χ2v) is 3.14. The molecule has 13 heavy (non-hydrogen) atoms. The van der Waals surface area contributed by atoms with E-state index in [9.17, 15) is 9.59 Å². The highest BCUT2D eigenvalue weighted by Crippen LogP contribution is 2.25. The van der Waals surface area contributed by atoms with Gasteiger partial charge in [-0.15, -0.1) is 0 Å². The van der Waals surface area contributed by atoms with Crippen molar-refractivity contribution in [3.05, 3.63) is 34.8 Å². The first-order chi connectivity index (χ1) is 6.11. The van der Waals surface area contributed by atoms with Crippen molar-refractivity contribution in [1.29, 1.82) is 0 Å². The Morgan fingerprint density at radius 1 is 1.23 bits per heavy atom. The van der Waals surface area contributed by atoms with E-state index >= 15 is 0 Å². The summed E-state index contributed by atoms with van der Waals surface area (Å²) in [6.07, 6.45) is 2.79. The van der Waals surface area contributed by atoms with Crippen LogP contribution in [0.1, 0.15) is 33.4 Å². The monoisotopic (exact) mass is 176 g/mol. The van der Waals surface area contributed by atoms with E-state index in [1.165, 1.54) is 12.3 Å². The van der Waals surface area contributed by atoms with E-state index in [4.69, 9.17) is 4.42 Å². The van der Waals surface area contributed by atoms with Crippen LogP contribution in [0.3, 0.4) is 0 Å². The van der Waals surface area contributed by atoms with Crippen LogP contribution in [0, 0.1) is 6.92 Å². The Bertz CT molecular complexity index is 435. The standard InChI is InChI=1S/C10H8O3/c1-5-3-7(11)8-6(2)4-13-10(8)9(5)12/h3-4H,1-2H3. The van der Waals surface area contributed by atoms with Crippen LogP contribution in [0.25, 0.3) is 0 Å². The summed E-state index contributed by atoms with van der Waals surface area (Å²) in [7, 11) is 0. The van der Waals surface area contributed by atoms with Gasteiger partial charge in [0.2, 0.25) is 5.78 Å². The van der Waals surface area contributed by atoms with Crippen LogP contribution in [0.15, 0.2) is 22.3 Å². The van der Waals surface area contributed by atoms with E-state index in [1.807, 2.05) is 0 Å². The third-order valence-electron chi connectivity index (χ3n) is 2.13. The van der Waals surface area contributed by atoms with E-state index < -0.39 is 0 Å². The van der Waals surface area contributed by atoms with Crippen LogP contribution in [-0.4, -0.2) is 11.6 Å². The molecule has 0 unspecified atom stereocenters. The van der Waals surface area contributed by atoms with E-state index in [0.717, 1.165) is 5.56 Å². The first kappa shape index (κ1) is 7.98. The summed E-state index contributed by atoms with van der Waals surface area (Å²) < 4.78 is 5.03. The number of ketones is 2. The van der Waals surface area contributed by atoms with Crippen LogP contribution >= 0.6 is 0 Å². The number of aryl methyl sites for hydroxylation is 1. The fourth-order valence-corrected chi connectivity index (χ4v) is 1.43. The SMILES string of the molecule is CC1=CC(=O)c2c(C)coc2C1=O. The molecule has 0 saturated heterocycles. The van der Waals surface area contributed by atoms with E-state index in [-0.39, 0.29) is 17.3 Å². The van der Waals surface area contributed by atoms with E-state index in [1.54, 1.807) is 13.8 Å². The van der Waals surface area contributed by atoms with Crippen LogP contribution in [-0.2, 0) is 0 Å². The van der Waals surface area contributed by atoms with Crippen molar-refractivity contribution < 1.29 is 14.0 Å². The Labute approximate surface area is 75.0 Å². The van der Waals surface area contributed by atoms with Crippen LogP contribution < -0.4 is 0 Å². The second kappa shape index (κ2) is 2.42. The molecule has 66 valence electrons. The molecule has 1 aliphatic carbocycles. The minimum Gasteiger partial charge on any atom is -0.460 e. The smallest absolute Gasteiger partial charge is 0.224 e. The summed E-state index contributed by atoms with van der Waals surface area (Å²) in [5.74, 6) is -0.149. The molecule has 1 aromatic rings. The van der Waals surface area contributed by atoms with E-state index in [2.05, 4.69) is 0 Å². The quantitative estimate of drug-likeness (QED) is 0.606. The number of Topliss-reactive ketones (excluding diaryl/α,β-unsaturated/α-hetero) is 1. The van der Waals surface area contributed by atoms with Gasteiger partial charge in [-0.3, -0.25) is 9.59 Å². The van der Waals surface area contributed by atoms with Crippen molar-refractivity contribution in [2.24, 2.45) is 0 Å². The molecular weight excluding hydrogens is 168 g/mol. The van der Waals surface area contributed by atoms with Crippen molar-refractivity contribution in [1.82, 2.24) is 0 Å². The van der Waals surface area contributed by atoms with E-state index in [0.29, 0.717) is 11.1 Å². The first-order valence-electron chi connectivity index (χ1n) is 3.96. The molecule has 3 nitrogen and oxygen atoms in total. The van der Waals surface area contributed by atoms with Gasteiger partial charge in [0.15, 0.2) is 11.5 Å². The number of carbonyl (C=O) groups excluding carboxylic acids is 2. The van der Waals surface area contributed by atoms with Gasteiger partial charge >= 0.3 is 0 Å². The molecule has 1 aromatic heterocycles. The van der Waals surface area contributed by atoms with Crippen molar-refractivity contribution in [2.45, 2.75) is 13.8 Å². The Balaban J connectivity index is 2.71. The summed E-state index contributed by atoms with van der Waals surface area (Å²) in [4.78, 5) is 22.9. The lowest BCUT2D eigenvalue weighted by molar-refractivity contribution is 0.0964. The van der Waals surface area contributed by atoms with Crippen LogP contribution in [0.5, 0.6) is 0 Å². The lowest BCUT2D eigenvalue weighted by atomic mass is 9.95. The molecule has 0 atom stereocenters. The highest BCUT2D eigenvalue weighted by atomic mass is 16.3. The molecule has 0 aromatic carbocycles. The lowest BCUT2D eigenvalue weighted by Crippen LogP contribution is -2.13. The Morgan fingerprint density at radius 3 is 2.62 bits per heavy atom. The summed E-state index contributed by atoms with van der Waals surface area (Å²) in [5.41, 5.74) is 1.57. The zero-order chi connectivity index (χ0) is 9.59. The predicted molar refractivity (Wildman–Crippen MR) is 45.9 cm³/mol. The average molecular weight is 176 g/mol. The maximum atomic E-state index is 11.5. The van der Waals surface area contributed by atoms with Crippen LogP contribution in [0.2, 0.25) is 0 Å². The first-order valence-corrected chi connectivity index (χ1v) is 3.96. The molecule has 1 heterocycles. The fraction of sp³-hybridized carbons (Fsp3) is 0.200. The topological polar surface area (TPSA) is 47.3 Å². The lowest BCUT2D eigenvalue weighted by Gasteiger charge is -2.06. The molecule has 1 aliphatic rings. The van der Waals surface area contributed by atoms with Gasteiger partial charge in [0.05, 0.1) is 11.8 Å².